The fraction of sp³-hybridized carbons (Fsp3) is 0.250. The molecule has 2 aromatic carbocycles. The maximum Gasteiger partial charge on any atom is 0.143 e. The number of hydrogen-bond donors (Lipinski definition) is 1. The van der Waals surface area contributed by atoms with E-state index in [1.165, 1.54) is 12.1 Å². The Morgan fingerprint density at radius 1 is 1.14 bits per heavy atom. The molecule has 1 N–H and O–H groups in total. The average Bonchev–Trinajstić information content (AvgIpc) is 2.46. The number of benzene rings is 2. The molecule has 0 amide bonds. The molecule has 112 valence electrons. The van der Waals surface area contributed by atoms with Crippen molar-refractivity contribution in [3.8, 4) is 0 Å². The number of halogens is 4. The van der Waals surface area contributed by atoms with Crippen LogP contribution in [0.3, 0.4) is 0 Å². The van der Waals surface area contributed by atoms with Crippen molar-refractivity contribution in [3.05, 3.63) is 67.6 Å². The first-order valence-corrected chi connectivity index (χ1v) is 8.08. The number of rotatable bonds is 4. The van der Waals surface area contributed by atoms with E-state index in [4.69, 9.17) is 0 Å². The van der Waals surface area contributed by atoms with Gasteiger partial charge in [-0.2, -0.15) is 0 Å². The molecule has 0 aliphatic rings. The summed E-state index contributed by atoms with van der Waals surface area (Å²) in [6.45, 7) is 1.99. The van der Waals surface area contributed by atoms with E-state index in [1.54, 1.807) is 7.05 Å². The molecular weight excluding hydrogens is 404 g/mol. The van der Waals surface area contributed by atoms with Crippen LogP contribution in [0.1, 0.15) is 22.7 Å². The quantitative estimate of drug-likeness (QED) is 0.664. The first-order chi connectivity index (χ1) is 9.93. The molecule has 0 saturated carbocycles. The summed E-state index contributed by atoms with van der Waals surface area (Å²) in [4.78, 5) is 0. The van der Waals surface area contributed by atoms with Gasteiger partial charge in [0.1, 0.15) is 11.6 Å². The lowest BCUT2D eigenvalue weighted by Crippen LogP contribution is -2.21. The molecule has 0 aromatic heterocycles. The molecule has 0 fully saturated rings. The second-order valence-electron chi connectivity index (χ2n) is 4.87. The Morgan fingerprint density at radius 3 is 2.52 bits per heavy atom. The van der Waals surface area contributed by atoms with E-state index in [2.05, 4.69) is 37.2 Å². The standard InChI is InChI=1S/C16H15Br2F2N/c1-9-3-4-10(17)7-11(9)15(21-2)8-12-14(19)6-5-13(18)16(12)20/h3-7,15,21H,8H2,1-2H3. The topological polar surface area (TPSA) is 12.0 Å². The van der Waals surface area contributed by atoms with Crippen LogP contribution in [0.5, 0.6) is 0 Å². The van der Waals surface area contributed by atoms with E-state index in [-0.39, 0.29) is 22.5 Å². The average molecular weight is 419 g/mol. The molecule has 0 spiro atoms. The summed E-state index contributed by atoms with van der Waals surface area (Å²) in [5, 5.41) is 3.14. The van der Waals surface area contributed by atoms with Crippen molar-refractivity contribution >= 4 is 31.9 Å². The Bertz CT molecular complexity index is 659. The number of nitrogens with one attached hydrogen (secondary N) is 1. The molecular formula is C16H15Br2F2N. The molecule has 21 heavy (non-hydrogen) atoms. The fourth-order valence-electron chi connectivity index (χ4n) is 2.31. The van der Waals surface area contributed by atoms with Crippen LogP contribution in [0.4, 0.5) is 8.78 Å². The summed E-state index contributed by atoms with van der Waals surface area (Å²) in [6.07, 6.45) is 0.241. The van der Waals surface area contributed by atoms with Gasteiger partial charge in [0, 0.05) is 16.1 Å². The molecule has 0 heterocycles. The third-order valence-corrected chi connectivity index (χ3v) is 4.62. The van der Waals surface area contributed by atoms with Crippen molar-refractivity contribution in [1.82, 2.24) is 5.32 Å². The SMILES string of the molecule is CNC(Cc1c(F)ccc(Br)c1F)c1cc(Br)ccc1C. The summed E-state index contributed by atoms with van der Waals surface area (Å²) in [7, 11) is 1.79. The van der Waals surface area contributed by atoms with Gasteiger partial charge in [-0.25, -0.2) is 8.78 Å². The highest BCUT2D eigenvalue weighted by atomic mass is 79.9. The van der Waals surface area contributed by atoms with Gasteiger partial charge >= 0.3 is 0 Å². The first kappa shape index (κ1) is 16.6. The largest absolute Gasteiger partial charge is 0.313 e. The van der Waals surface area contributed by atoms with Crippen LogP contribution in [-0.2, 0) is 6.42 Å². The van der Waals surface area contributed by atoms with Crippen molar-refractivity contribution in [2.24, 2.45) is 0 Å². The zero-order valence-corrected chi connectivity index (χ0v) is 14.9. The van der Waals surface area contributed by atoms with Crippen LogP contribution in [0.2, 0.25) is 0 Å². The van der Waals surface area contributed by atoms with Crippen molar-refractivity contribution in [3.63, 3.8) is 0 Å². The van der Waals surface area contributed by atoms with Gasteiger partial charge in [-0.1, -0.05) is 22.0 Å². The van der Waals surface area contributed by atoms with Gasteiger partial charge in [0.15, 0.2) is 0 Å². The molecule has 0 aliphatic heterocycles. The molecule has 0 radical (unpaired) electrons. The molecule has 1 nitrogen and oxygen atoms in total. The van der Waals surface area contributed by atoms with Crippen molar-refractivity contribution in [2.45, 2.75) is 19.4 Å². The van der Waals surface area contributed by atoms with Gasteiger partial charge in [0.2, 0.25) is 0 Å². The highest BCUT2D eigenvalue weighted by Gasteiger charge is 2.19. The second kappa shape index (κ2) is 6.99. The predicted octanol–water partition coefficient (Wildman–Crippen LogP) is 5.30. The fourth-order valence-corrected chi connectivity index (χ4v) is 3.06. The number of aryl methyl sites for hydroxylation is 1. The minimum atomic E-state index is -0.539. The summed E-state index contributed by atoms with van der Waals surface area (Å²) < 4.78 is 29.3. The summed E-state index contributed by atoms with van der Waals surface area (Å²) >= 11 is 6.54. The Morgan fingerprint density at radius 2 is 1.86 bits per heavy atom. The minimum Gasteiger partial charge on any atom is -0.313 e. The number of likely N-dealkylation sites (N-methyl/N-ethyl adjacent to an activating group) is 1. The van der Waals surface area contributed by atoms with Crippen molar-refractivity contribution < 1.29 is 8.78 Å². The summed E-state index contributed by atoms with van der Waals surface area (Å²) in [5.74, 6) is -1.06. The monoisotopic (exact) mass is 417 g/mol. The van der Waals surface area contributed by atoms with Gasteiger partial charge < -0.3 is 5.32 Å². The van der Waals surface area contributed by atoms with Crippen LogP contribution in [0, 0.1) is 18.6 Å². The second-order valence-corrected chi connectivity index (χ2v) is 6.64. The third-order valence-electron chi connectivity index (χ3n) is 3.51. The zero-order valence-electron chi connectivity index (χ0n) is 11.7. The maximum absolute atomic E-state index is 14.1. The molecule has 1 atom stereocenters. The normalized spacial score (nSPS) is 12.5. The lowest BCUT2D eigenvalue weighted by atomic mass is 9.95. The van der Waals surface area contributed by atoms with E-state index >= 15 is 0 Å². The Balaban J connectivity index is 2.40. The molecule has 2 rings (SSSR count). The molecule has 5 heteroatoms. The maximum atomic E-state index is 14.1. The Kier molecular flexibility index (Phi) is 5.52. The van der Waals surface area contributed by atoms with Crippen LogP contribution in [-0.4, -0.2) is 7.05 Å². The Labute approximate surface area is 140 Å². The van der Waals surface area contributed by atoms with Crippen LogP contribution < -0.4 is 5.32 Å². The molecule has 0 bridgehead atoms. The van der Waals surface area contributed by atoms with Crippen LogP contribution in [0.25, 0.3) is 0 Å². The van der Waals surface area contributed by atoms with Gasteiger partial charge in [-0.05, 0) is 71.7 Å². The molecule has 1 unspecified atom stereocenters. The van der Waals surface area contributed by atoms with Crippen LogP contribution in [0.15, 0.2) is 39.3 Å². The lowest BCUT2D eigenvalue weighted by Gasteiger charge is -2.20. The van der Waals surface area contributed by atoms with E-state index in [9.17, 15) is 8.78 Å². The summed E-state index contributed by atoms with van der Waals surface area (Å²) in [6, 6.07) is 8.41. The van der Waals surface area contributed by atoms with Crippen LogP contribution >= 0.6 is 31.9 Å². The zero-order chi connectivity index (χ0) is 15.6. The molecule has 2 aromatic rings. The van der Waals surface area contributed by atoms with Crippen molar-refractivity contribution in [2.75, 3.05) is 7.05 Å². The highest BCUT2D eigenvalue weighted by molar-refractivity contribution is 9.10. The predicted molar refractivity (Wildman–Crippen MR) is 88.4 cm³/mol. The van der Waals surface area contributed by atoms with Gasteiger partial charge in [-0.15, -0.1) is 0 Å². The third kappa shape index (κ3) is 3.71. The van der Waals surface area contributed by atoms with Gasteiger partial charge in [-0.3, -0.25) is 0 Å². The molecule has 0 saturated heterocycles. The lowest BCUT2D eigenvalue weighted by molar-refractivity contribution is 0.511. The highest BCUT2D eigenvalue weighted by Crippen LogP contribution is 2.29. The van der Waals surface area contributed by atoms with E-state index < -0.39 is 11.6 Å². The summed E-state index contributed by atoms with van der Waals surface area (Å²) in [5.41, 5.74) is 2.18. The molecule has 0 aliphatic carbocycles. The minimum absolute atomic E-state index is 0.0862. The number of hydrogen-bond acceptors (Lipinski definition) is 1. The van der Waals surface area contributed by atoms with E-state index in [1.807, 2.05) is 25.1 Å². The van der Waals surface area contributed by atoms with Gasteiger partial charge in [0.25, 0.3) is 0 Å². The first-order valence-electron chi connectivity index (χ1n) is 6.49. The van der Waals surface area contributed by atoms with Crippen molar-refractivity contribution in [1.29, 1.82) is 0 Å². The van der Waals surface area contributed by atoms with E-state index in [0.717, 1.165) is 15.6 Å². The van der Waals surface area contributed by atoms with Gasteiger partial charge in [0.05, 0.1) is 4.47 Å². The smallest absolute Gasteiger partial charge is 0.143 e. The Hall–Kier alpha value is -0.780. The van der Waals surface area contributed by atoms with E-state index in [0.29, 0.717) is 0 Å².